The van der Waals surface area contributed by atoms with Gasteiger partial charge in [-0.2, -0.15) is 0 Å². The lowest BCUT2D eigenvalue weighted by atomic mass is 9.93. The lowest BCUT2D eigenvalue weighted by molar-refractivity contribution is 0.477. The van der Waals surface area contributed by atoms with Crippen molar-refractivity contribution in [1.82, 2.24) is 9.13 Å². The highest BCUT2D eigenvalue weighted by molar-refractivity contribution is 6.30. The van der Waals surface area contributed by atoms with Crippen molar-refractivity contribution >= 4 is 54.8 Å². The van der Waals surface area contributed by atoms with Crippen molar-refractivity contribution in [3.63, 3.8) is 0 Å². The summed E-state index contributed by atoms with van der Waals surface area (Å²) in [5.74, 6) is 1.72. The molecule has 6 aromatic carbocycles. The first-order valence-corrected chi connectivity index (χ1v) is 16.7. The van der Waals surface area contributed by atoms with Crippen LogP contribution in [0.5, 0.6) is 11.5 Å². The van der Waals surface area contributed by atoms with E-state index in [2.05, 4.69) is 157 Å². The number of hydrogen-bond donors (Lipinski definition) is 0. The van der Waals surface area contributed by atoms with E-state index in [1.807, 2.05) is 25.1 Å². The molecule has 0 bridgehead atoms. The van der Waals surface area contributed by atoms with Gasteiger partial charge in [0.2, 0.25) is 0 Å². The smallest absolute Gasteiger partial charge is 0.154 e. The predicted molar refractivity (Wildman–Crippen MR) is 208 cm³/mol. The van der Waals surface area contributed by atoms with Crippen LogP contribution in [0.25, 0.3) is 77.3 Å². The summed E-state index contributed by atoms with van der Waals surface area (Å²) in [4.78, 5) is 0. The predicted octanol–water partition coefficient (Wildman–Crippen LogP) is 12.8. The average Bonchev–Trinajstić information content (AvgIpc) is 3.65. The van der Waals surface area contributed by atoms with Crippen LogP contribution in [0.15, 0.2) is 159 Å². The summed E-state index contributed by atoms with van der Waals surface area (Å²) < 4.78 is 11.5. The van der Waals surface area contributed by atoms with E-state index >= 15 is 0 Å². The summed E-state index contributed by atoms with van der Waals surface area (Å²) in [5, 5.41) is 4.88. The minimum absolute atomic E-state index is 0.859. The molecule has 0 N–H and O–H groups in total. The van der Waals surface area contributed by atoms with Crippen molar-refractivity contribution in [2.75, 3.05) is 0 Å². The molecule has 3 nitrogen and oxygen atoms in total. The molecule has 0 unspecified atom stereocenters. The lowest BCUT2D eigenvalue weighted by Gasteiger charge is -2.21. The van der Waals surface area contributed by atoms with Crippen LogP contribution in [-0.4, -0.2) is 9.13 Å². The molecule has 1 aliphatic rings. The van der Waals surface area contributed by atoms with Gasteiger partial charge >= 0.3 is 0 Å². The zero-order chi connectivity index (χ0) is 33.2. The van der Waals surface area contributed by atoms with Gasteiger partial charge in [0, 0.05) is 33.3 Å². The molecule has 0 amide bonds. The second-order valence-corrected chi connectivity index (χ2v) is 12.7. The van der Waals surface area contributed by atoms with Crippen LogP contribution in [-0.2, 0) is 0 Å². The second kappa shape index (κ2) is 11.1. The number of rotatable bonds is 6. The summed E-state index contributed by atoms with van der Waals surface area (Å²) in [5.41, 5.74) is 13.4. The number of benzene rings is 6. The van der Waals surface area contributed by atoms with Gasteiger partial charge in [0.15, 0.2) is 11.5 Å². The molecule has 0 spiro atoms. The van der Waals surface area contributed by atoms with Gasteiger partial charge in [0.05, 0.1) is 27.8 Å². The van der Waals surface area contributed by atoms with Gasteiger partial charge in [-0.1, -0.05) is 98.1 Å². The third-order valence-corrected chi connectivity index (χ3v) is 9.80. The Morgan fingerprint density at radius 2 is 1.37 bits per heavy atom. The van der Waals surface area contributed by atoms with Crippen molar-refractivity contribution in [2.45, 2.75) is 13.8 Å². The quantitative estimate of drug-likeness (QED) is 0.167. The van der Waals surface area contributed by atoms with Crippen LogP contribution in [0.2, 0.25) is 0 Å². The highest BCUT2D eigenvalue weighted by Gasteiger charge is 2.28. The van der Waals surface area contributed by atoms with E-state index in [0.717, 1.165) is 72.8 Å². The highest BCUT2D eigenvalue weighted by Crippen LogP contribution is 2.50. The van der Waals surface area contributed by atoms with Gasteiger partial charge in [-0.3, -0.25) is 0 Å². The third-order valence-electron chi connectivity index (χ3n) is 9.80. The Balaban J connectivity index is 1.34. The van der Waals surface area contributed by atoms with Gasteiger partial charge in [0.25, 0.3) is 0 Å². The Labute approximate surface area is 285 Å². The topological polar surface area (TPSA) is 19.1 Å². The molecule has 8 aromatic rings. The molecule has 0 fully saturated rings. The standard InChI is InChI=1S/C46H34N2O/c1-5-14-29(3)32-24-33(30(4)15-6-2)26-34(25-32)31-16-13-17-35(27-31)47-38-20-9-7-18-36(38)44-41(47)28-43-46-45(44)37-19-8-10-21-39(37)48(46)40-22-11-12-23-42(40)49-43/h5-28H,1,4H2,2-3H3/b15-6-,29-14+. The van der Waals surface area contributed by atoms with Crippen LogP contribution in [0.1, 0.15) is 25.0 Å². The molecular formula is C46H34N2O. The van der Waals surface area contributed by atoms with E-state index in [0.29, 0.717) is 0 Å². The maximum absolute atomic E-state index is 6.72. The zero-order valence-corrected chi connectivity index (χ0v) is 27.6. The molecule has 49 heavy (non-hydrogen) atoms. The molecule has 0 radical (unpaired) electrons. The Morgan fingerprint density at radius 1 is 0.653 bits per heavy atom. The molecule has 2 aromatic heterocycles. The average molecular weight is 631 g/mol. The first kappa shape index (κ1) is 28.9. The van der Waals surface area contributed by atoms with E-state index in [1.165, 1.54) is 27.1 Å². The Bertz CT molecular complexity index is 2750. The van der Waals surface area contributed by atoms with Crippen LogP contribution < -0.4 is 4.74 Å². The number of hydrogen-bond acceptors (Lipinski definition) is 1. The van der Waals surface area contributed by atoms with Crippen molar-refractivity contribution < 1.29 is 4.74 Å². The second-order valence-electron chi connectivity index (χ2n) is 12.7. The van der Waals surface area contributed by atoms with Crippen molar-refractivity contribution in [3.05, 3.63) is 170 Å². The van der Waals surface area contributed by atoms with E-state index in [4.69, 9.17) is 4.74 Å². The summed E-state index contributed by atoms with van der Waals surface area (Å²) >= 11 is 0. The SMILES string of the molecule is C=C/C=C(\C)c1cc(C(=C)/C=C\C)cc(-c2cccc(-n3c4ccccc4c4c5c6ccccc6n6c5c(cc43)Oc3ccccc3-6)c2)c1. The first-order valence-electron chi connectivity index (χ1n) is 16.7. The Kier molecular flexibility index (Phi) is 6.56. The molecule has 0 atom stereocenters. The Hall–Kier alpha value is -6.32. The first-order chi connectivity index (χ1) is 24.1. The number of nitrogens with zero attached hydrogens (tertiary/aromatic N) is 2. The molecule has 3 heteroatoms. The minimum Gasteiger partial charge on any atom is -0.453 e. The van der Waals surface area contributed by atoms with Crippen LogP contribution in [0.4, 0.5) is 0 Å². The van der Waals surface area contributed by atoms with E-state index < -0.39 is 0 Å². The lowest BCUT2D eigenvalue weighted by Crippen LogP contribution is -2.04. The molecule has 0 aliphatic carbocycles. The van der Waals surface area contributed by atoms with E-state index in [1.54, 1.807) is 0 Å². The van der Waals surface area contributed by atoms with Gasteiger partial charge in [-0.15, -0.1) is 0 Å². The van der Waals surface area contributed by atoms with Gasteiger partial charge in [-0.05, 0) is 102 Å². The summed E-state index contributed by atoms with van der Waals surface area (Å²) in [6, 6.07) is 43.6. The number of para-hydroxylation sites is 4. The summed E-state index contributed by atoms with van der Waals surface area (Å²) in [6.07, 6.45) is 8.00. The molecule has 9 rings (SSSR count). The molecule has 234 valence electrons. The molecule has 0 saturated carbocycles. The van der Waals surface area contributed by atoms with Crippen molar-refractivity contribution in [2.24, 2.45) is 0 Å². The van der Waals surface area contributed by atoms with Gasteiger partial charge < -0.3 is 13.9 Å². The van der Waals surface area contributed by atoms with Crippen LogP contribution >= 0.6 is 0 Å². The summed E-state index contributed by atoms with van der Waals surface area (Å²) in [6.45, 7) is 12.4. The Morgan fingerprint density at radius 3 is 2.16 bits per heavy atom. The highest BCUT2D eigenvalue weighted by atomic mass is 16.5. The van der Waals surface area contributed by atoms with Crippen LogP contribution in [0.3, 0.4) is 0 Å². The molecule has 0 saturated heterocycles. The van der Waals surface area contributed by atoms with Crippen LogP contribution in [0, 0.1) is 0 Å². The normalized spacial score (nSPS) is 12.7. The minimum atomic E-state index is 0.859. The fraction of sp³-hybridized carbons (Fsp3) is 0.0435. The fourth-order valence-corrected chi connectivity index (χ4v) is 7.63. The van der Waals surface area contributed by atoms with Gasteiger partial charge in [0.1, 0.15) is 0 Å². The summed E-state index contributed by atoms with van der Waals surface area (Å²) in [7, 11) is 0. The van der Waals surface area contributed by atoms with Gasteiger partial charge in [-0.25, -0.2) is 0 Å². The van der Waals surface area contributed by atoms with Crippen molar-refractivity contribution in [3.8, 4) is 34.0 Å². The maximum Gasteiger partial charge on any atom is 0.154 e. The fourth-order valence-electron chi connectivity index (χ4n) is 7.63. The number of fused-ring (bicyclic) bond motifs is 9. The monoisotopic (exact) mass is 630 g/mol. The zero-order valence-electron chi connectivity index (χ0n) is 27.6. The molecular weight excluding hydrogens is 597 g/mol. The van der Waals surface area contributed by atoms with E-state index in [-0.39, 0.29) is 0 Å². The maximum atomic E-state index is 6.72. The third kappa shape index (κ3) is 4.36. The number of ether oxygens (including phenoxy) is 1. The van der Waals surface area contributed by atoms with E-state index in [9.17, 15) is 0 Å². The molecule has 3 heterocycles. The number of aromatic nitrogens is 2. The molecule has 1 aliphatic heterocycles. The number of allylic oxidation sites excluding steroid dienone is 6. The largest absolute Gasteiger partial charge is 0.453 e. The van der Waals surface area contributed by atoms with Crippen molar-refractivity contribution in [1.29, 1.82) is 0 Å².